The molecular formula is C39H46N2O4. The van der Waals surface area contributed by atoms with Gasteiger partial charge in [-0.15, -0.1) is 0 Å². The van der Waals surface area contributed by atoms with E-state index in [1.54, 1.807) is 6.07 Å². The van der Waals surface area contributed by atoms with Crippen LogP contribution in [0.4, 0.5) is 0 Å². The van der Waals surface area contributed by atoms with Crippen molar-refractivity contribution in [2.75, 3.05) is 19.7 Å². The summed E-state index contributed by atoms with van der Waals surface area (Å²) < 4.78 is 12.2. The lowest BCUT2D eigenvalue weighted by molar-refractivity contribution is -0.0593. The van der Waals surface area contributed by atoms with Gasteiger partial charge in [0, 0.05) is 18.0 Å². The summed E-state index contributed by atoms with van der Waals surface area (Å²) in [6, 6.07) is 25.3. The van der Waals surface area contributed by atoms with Crippen LogP contribution in [0.2, 0.25) is 0 Å². The number of rotatable bonds is 14. The monoisotopic (exact) mass is 606 g/mol. The zero-order chi connectivity index (χ0) is 30.6. The number of hydrogen-bond acceptors (Lipinski definition) is 5. The first-order valence-electron chi connectivity index (χ1n) is 17.0. The summed E-state index contributed by atoms with van der Waals surface area (Å²) in [6.45, 7) is 2.35. The number of aliphatic hydroxyl groups is 1. The Kier molecular flexibility index (Phi) is 8.95. The number of fused-ring (bicyclic) bond motifs is 1. The Bertz CT molecular complexity index is 1600. The number of H-pyrrole nitrogens is 1. The molecular weight excluding hydrogens is 560 g/mol. The van der Waals surface area contributed by atoms with Crippen LogP contribution in [-0.4, -0.2) is 29.8 Å². The lowest BCUT2D eigenvalue weighted by Crippen LogP contribution is -2.46. The summed E-state index contributed by atoms with van der Waals surface area (Å²) in [5.74, 6) is 4.60. The first-order valence-corrected chi connectivity index (χ1v) is 17.0. The third-order valence-electron chi connectivity index (χ3n) is 10.6. The van der Waals surface area contributed by atoms with Gasteiger partial charge in [0.15, 0.2) is 0 Å². The molecule has 0 saturated heterocycles. The second-order valence-electron chi connectivity index (χ2n) is 14.0. The Morgan fingerprint density at radius 3 is 2.31 bits per heavy atom. The molecule has 236 valence electrons. The van der Waals surface area contributed by atoms with Gasteiger partial charge in [0.1, 0.15) is 18.1 Å². The molecule has 0 spiro atoms. The third kappa shape index (κ3) is 7.13. The second-order valence-corrected chi connectivity index (χ2v) is 14.0. The lowest BCUT2D eigenvalue weighted by Gasteiger charge is -2.57. The largest absolute Gasteiger partial charge is 0.494 e. The minimum absolute atomic E-state index is 0.203. The van der Waals surface area contributed by atoms with E-state index in [0.717, 1.165) is 66.0 Å². The van der Waals surface area contributed by atoms with Crippen LogP contribution in [0.5, 0.6) is 11.5 Å². The number of hydrogen-bond donors (Lipinski definition) is 3. The van der Waals surface area contributed by atoms with E-state index in [-0.39, 0.29) is 5.56 Å². The van der Waals surface area contributed by atoms with E-state index in [0.29, 0.717) is 29.8 Å². The van der Waals surface area contributed by atoms with Gasteiger partial charge in [-0.25, -0.2) is 0 Å². The van der Waals surface area contributed by atoms with E-state index in [1.807, 2.05) is 42.5 Å². The summed E-state index contributed by atoms with van der Waals surface area (Å²) in [4.78, 5) is 15.0. The number of pyridine rings is 1. The van der Waals surface area contributed by atoms with E-state index in [2.05, 4.69) is 34.6 Å². The average molecular weight is 607 g/mol. The van der Waals surface area contributed by atoms with Gasteiger partial charge in [-0.2, -0.15) is 0 Å². The molecule has 4 bridgehead atoms. The maximum atomic E-state index is 12.1. The van der Waals surface area contributed by atoms with Crippen molar-refractivity contribution in [2.24, 2.45) is 23.2 Å². The minimum Gasteiger partial charge on any atom is -0.494 e. The molecule has 6 nitrogen and oxygen atoms in total. The molecule has 4 aliphatic carbocycles. The molecule has 0 radical (unpaired) electrons. The maximum absolute atomic E-state index is 12.1. The Balaban J connectivity index is 0.860. The minimum atomic E-state index is -0.726. The van der Waals surface area contributed by atoms with Crippen LogP contribution in [0.3, 0.4) is 0 Å². The summed E-state index contributed by atoms with van der Waals surface area (Å²) in [5.41, 5.74) is 4.07. The van der Waals surface area contributed by atoms with Crippen molar-refractivity contribution in [2.45, 2.75) is 70.5 Å². The zero-order valence-corrected chi connectivity index (χ0v) is 26.2. The first-order chi connectivity index (χ1) is 22.0. The van der Waals surface area contributed by atoms with E-state index >= 15 is 0 Å². The molecule has 0 aliphatic heterocycles. The first kappa shape index (κ1) is 30.1. The Labute approximate surface area is 266 Å². The quantitative estimate of drug-likeness (QED) is 0.131. The van der Waals surface area contributed by atoms with Crippen LogP contribution < -0.4 is 20.3 Å². The molecule has 3 aromatic carbocycles. The van der Waals surface area contributed by atoms with Gasteiger partial charge in [0.2, 0.25) is 5.56 Å². The van der Waals surface area contributed by atoms with Crippen molar-refractivity contribution in [1.82, 2.24) is 10.3 Å². The zero-order valence-electron chi connectivity index (χ0n) is 26.2. The number of aromatic amines is 1. The molecule has 3 N–H and O–H groups in total. The predicted octanol–water partition coefficient (Wildman–Crippen LogP) is 7.35. The third-order valence-corrected chi connectivity index (χ3v) is 10.6. The fourth-order valence-electron chi connectivity index (χ4n) is 8.96. The molecule has 0 unspecified atom stereocenters. The van der Waals surface area contributed by atoms with Gasteiger partial charge in [-0.3, -0.25) is 4.79 Å². The van der Waals surface area contributed by atoms with Gasteiger partial charge >= 0.3 is 0 Å². The molecule has 1 heterocycles. The van der Waals surface area contributed by atoms with E-state index in [4.69, 9.17) is 9.47 Å². The molecule has 1 atom stereocenters. The Morgan fingerprint density at radius 1 is 0.844 bits per heavy atom. The van der Waals surface area contributed by atoms with Gasteiger partial charge in [-0.05, 0) is 128 Å². The molecule has 4 fully saturated rings. The normalized spacial score (nSPS) is 24.2. The molecule has 6 heteroatoms. The van der Waals surface area contributed by atoms with Crippen LogP contribution in [0, 0.1) is 23.2 Å². The summed E-state index contributed by atoms with van der Waals surface area (Å²) in [5, 5.41) is 15.2. The fourth-order valence-corrected chi connectivity index (χ4v) is 8.96. The number of nitrogens with one attached hydrogen (secondary N) is 2. The summed E-state index contributed by atoms with van der Waals surface area (Å²) in [7, 11) is 0. The maximum Gasteiger partial charge on any atom is 0.248 e. The molecule has 4 saturated carbocycles. The van der Waals surface area contributed by atoms with Crippen LogP contribution >= 0.6 is 0 Å². The van der Waals surface area contributed by atoms with Crippen molar-refractivity contribution in [3.8, 4) is 11.5 Å². The predicted molar refractivity (Wildman–Crippen MR) is 179 cm³/mol. The molecule has 8 rings (SSSR count). The number of ether oxygens (including phenoxy) is 2. The molecule has 4 aliphatic rings. The van der Waals surface area contributed by atoms with Crippen molar-refractivity contribution in [3.05, 3.63) is 106 Å². The number of benzene rings is 3. The molecule has 4 aromatic rings. The highest BCUT2D eigenvalue weighted by Gasteiger charge is 2.50. The van der Waals surface area contributed by atoms with Gasteiger partial charge < -0.3 is 24.9 Å². The highest BCUT2D eigenvalue weighted by molar-refractivity contribution is 5.87. The van der Waals surface area contributed by atoms with Crippen molar-refractivity contribution in [1.29, 1.82) is 0 Å². The summed E-state index contributed by atoms with van der Waals surface area (Å²) >= 11 is 0. The number of aliphatic hydroxyl groups excluding tert-OH is 1. The Hall–Kier alpha value is -3.61. The van der Waals surface area contributed by atoms with Crippen molar-refractivity contribution in [3.63, 3.8) is 0 Å². The van der Waals surface area contributed by atoms with Crippen LogP contribution in [0.15, 0.2) is 83.7 Å². The smallest absolute Gasteiger partial charge is 0.248 e. The lowest BCUT2D eigenvalue weighted by atomic mass is 9.48. The van der Waals surface area contributed by atoms with E-state index in [9.17, 15) is 9.90 Å². The van der Waals surface area contributed by atoms with Crippen LogP contribution in [-0.2, 0) is 13.0 Å². The molecule has 0 amide bonds. The van der Waals surface area contributed by atoms with Crippen molar-refractivity contribution < 1.29 is 14.6 Å². The second kappa shape index (κ2) is 13.4. The van der Waals surface area contributed by atoms with E-state index < -0.39 is 6.10 Å². The van der Waals surface area contributed by atoms with Crippen LogP contribution in [0.1, 0.15) is 74.2 Å². The van der Waals surface area contributed by atoms with Gasteiger partial charge in [0.05, 0.1) is 18.2 Å². The highest BCUT2D eigenvalue weighted by Crippen LogP contribution is 2.61. The van der Waals surface area contributed by atoms with Crippen LogP contribution in [0.25, 0.3) is 10.9 Å². The van der Waals surface area contributed by atoms with Gasteiger partial charge in [-0.1, -0.05) is 48.5 Å². The molecule has 45 heavy (non-hydrogen) atoms. The summed E-state index contributed by atoms with van der Waals surface area (Å²) in [6.07, 6.45) is 11.6. The average Bonchev–Trinajstić information content (AvgIpc) is 3.04. The van der Waals surface area contributed by atoms with Gasteiger partial charge in [0.25, 0.3) is 0 Å². The SMILES string of the molecule is O=c1ccc2c([C@@H](O)CNCCc3ccc(OCCCC45CC6CC(CC(C6)C4)C5)cc3)ccc(OCc3ccccc3)c2[nH]1. The topological polar surface area (TPSA) is 83.6 Å². The highest BCUT2D eigenvalue weighted by atomic mass is 16.5. The van der Waals surface area contributed by atoms with E-state index in [1.165, 1.54) is 56.6 Å². The molecule has 1 aromatic heterocycles. The number of aromatic nitrogens is 1. The van der Waals surface area contributed by atoms with Crippen molar-refractivity contribution >= 4 is 10.9 Å². The fraction of sp³-hybridized carbons (Fsp3) is 0.462. The Morgan fingerprint density at radius 2 is 1.58 bits per heavy atom. The standard InChI is InChI=1S/C39H46N2O4/c42-35(33-11-13-36(38-34(33)12-14-37(43)41-38)45-26-28-5-2-1-3-6-28)25-40-17-15-27-7-9-32(10-8-27)44-18-4-16-39-22-29-19-30(23-39)21-31(20-29)24-39/h1-3,5-14,29-31,35,40,42H,4,15-26H2,(H,41,43)/t29?,30?,31?,35-,39?/m0/s1.